The van der Waals surface area contributed by atoms with Gasteiger partial charge in [-0.25, -0.2) is 0 Å². The van der Waals surface area contributed by atoms with Crippen LogP contribution >= 0.6 is 11.3 Å². The van der Waals surface area contributed by atoms with E-state index >= 15 is 0 Å². The molecule has 0 aliphatic heterocycles. The molecule has 0 fully saturated rings. The number of hydrogen-bond acceptors (Lipinski definition) is 3. The van der Waals surface area contributed by atoms with Crippen LogP contribution in [0.2, 0.25) is 0 Å². The fourth-order valence-electron chi connectivity index (χ4n) is 1.72. The predicted molar refractivity (Wildman–Crippen MR) is 68.4 cm³/mol. The first-order chi connectivity index (χ1) is 7.27. The van der Waals surface area contributed by atoms with Gasteiger partial charge in [0.2, 0.25) is 0 Å². The van der Waals surface area contributed by atoms with Gasteiger partial charge in [-0.15, -0.1) is 0 Å². The number of rotatable bonds is 7. The van der Waals surface area contributed by atoms with Crippen LogP contribution in [0, 0.1) is 0 Å². The molecule has 1 unspecified atom stereocenters. The van der Waals surface area contributed by atoms with Crippen molar-refractivity contribution in [2.75, 3.05) is 20.1 Å². The SMILES string of the molecule is CCNCC(CC)N(C)Cc1ccsc1. The normalized spacial score (nSPS) is 13.3. The molecule has 0 spiro atoms. The average Bonchev–Trinajstić information content (AvgIpc) is 2.71. The Labute approximate surface area is 97.3 Å². The van der Waals surface area contributed by atoms with Crippen molar-refractivity contribution >= 4 is 11.3 Å². The summed E-state index contributed by atoms with van der Waals surface area (Å²) in [5.74, 6) is 0. The van der Waals surface area contributed by atoms with Gasteiger partial charge in [-0.05, 0) is 42.4 Å². The van der Waals surface area contributed by atoms with E-state index in [1.54, 1.807) is 11.3 Å². The highest BCUT2D eigenvalue weighted by Gasteiger charge is 2.12. The number of likely N-dealkylation sites (N-methyl/N-ethyl adjacent to an activating group) is 2. The first kappa shape index (κ1) is 12.7. The maximum Gasteiger partial charge on any atom is 0.0242 e. The lowest BCUT2D eigenvalue weighted by Crippen LogP contribution is -2.39. The van der Waals surface area contributed by atoms with E-state index in [4.69, 9.17) is 0 Å². The summed E-state index contributed by atoms with van der Waals surface area (Å²) in [6.45, 7) is 7.63. The molecule has 1 aromatic rings. The highest BCUT2D eigenvalue weighted by atomic mass is 32.1. The van der Waals surface area contributed by atoms with Gasteiger partial charge in [0.1, 0.15) is 0 Å². The molecule has 0 amide bonds. The Balaban J connectivity index is 2.39. The van der Waals surface area contributed by atoms with Gasteiger partial charge in [0.15, 0.2) is 0 Å². The number of nitrogens with zero attached hydrogens (tertiary/aromatic N) is 1. The number of nitrogens with one attached hydrogen (secondary N) is 1. The monoisotopic (exact) mass is 226 g/mol. The van der Waals surface area contributed by atoms with Crippen LogP contribution in [0.25, 0.3) is 0 Å². The fraction of sp³-hybridized carbons (Fsp3) is 0.667. The van der Waals surface area contributed by atoms with E-state index in [1.807, 2.05) is 0 Å². The summed E-state index contributed by atoms with van der Waals surface area (Å²) in [7, 11) is 2.21. The summed E-state index contributed by atoms with van der Waals surface area (Å²) < 4.78 is 0. The Morgan fingerprint density at radius 3 is 2.80 bits per heavy atom. The maximum absolute atomic E-state index is 3.42. The van der Waals surface area contributed by atoms with Crippen LogP contribution in [0.5, 0.6) is 0 Å². The van der Waals surface area contributed by atoms with Crippen molar-refractivity contribution in [2.24, 2.45) is 0 Å². The van der Waals surface area contributed by atoms with E-state index in [-0.39, 0.29) is 0 Å². The first-order valence-electron chi connectivity index (χ1n) is 5.70. The molecule has 0 aliphatic carbocycles. The summed E-state index contributed by atoms with van der Waals surface area (Å²) in [5, 5.41) is 7.80. The van der Waals surface area contributed by atoms with Crippen LogP contribution in [-0.4, -0.2) is 31.1 Å². The molecule has 1 atom stereocenters. The second kappa shape index (κ2) is 6.99. The molecule has 3 heteroatoms. The summed E-state index contributed by atoms with van der Waals surface area (Å²) in [4.78, 5) is 2.44. The second-order valence-corrected chi connectivity index (χ2v) is 4.70. The van der Waals surface area contributed by atoms with Crippen LogP contribution in [0.4, 0.5) is 0 Å². The van der Waals surface area contributed by atoms with Crippen molar-refractivity contribution in [1.29, 1.82) is 0 Å². The molecule has 1 heterocycles. The van der Waals surface area contributed by atoms with Gasteiger partial charge in [0.25, 0.3) is 0 Å². The Morgan fingerprint density at radius 1 is 1.47 bits per heavy atom. The van der Waals surface area contributed by atoms with E-state index < -0.39 is 0 Å². The van der Waals surface area contributed by atoms with E-state index in [9.17, 15) is 0 Å². The zero-order valence-corrected chi connectivity index (χ0v) is 10.8. The van der Waals surface area contributed by atoms with Crippen LogP contribution in [0.15, 0.2) is 16.8 Å². The van der Waals surface area contributed by atoms with Crippen molar-refractivity contribution in [3.8, 4) is 0 Å². The minimum absolute atomic E-state index is 0.643. The predicted octanol–water partition coefficient (Wildman–Crippen LogP) is 2.57. The van der Waals surface area contributed by atoms with E-state index in [0.717, 1.165) is 19.6 Å². The fourth-order valence-corrected chi connectivity index (χ4v) is 2.38. The minimum atomic E-state index is 0.643. The molecule has 0 saturated heterocycles. The third-order valence-electron chi connectivity index (χ3n) is 2.74. The standard InChI is InChI=1S/C12H22N2S/c1-4-12(8-13-5-2)14(3)9-11-6-7-15-10-11/h6-7,10,12-13H,4-5,8-9H2,1-3H3. The number of thiophene rings is 1. The van der Waals surface area contributed by atoms with Gasteiger partial charge in [0.05, 0.1) is 0 Å². The molecule has 0 bridgehead atoms. The molecule has 0 aromatic carbocycles. The minimum Gasteiger partial charge on any atom is -0.315 e. The molecule has 2 nitrogen and oxygen atoms in total. The topological polar surface area (TPSA) is 15.3 Å². The lowest BCUT2D eigenvalue weighted by Gasteiger charge is -2.27. The van der Waals surface area contributed by atoms with Gasteiger partial charge >= 0.3 is 0 Å². The molecule has 0 saturated carbocycles. The van der Waals surface area contributed by atoms with Crippen molar-refractivity contribution in [3.63, 3.8) is 0 Å². The highest BCUT2D eigenvalue weighted by molar-refractivity contribution is 7.07. The highest BCUT2D eigenvalue weighted by Crippen LogP contribution is 2.11. The van der Waals surface area contributed by atoms with E-state index in [2.05, 4.69) is 47.9 Å². The molecular weight excluding hydrogens is 204 g/mol. The molecule has 1 rings (SSSR count). The van der Waals surface area contributed by atoms with Gasteiger partial charge < -0.3 is 5.32 Å². The summed E-state index contributed by atoms with van der Waals surface area (Å²) in [5.41, 5.74) is 1.43. The van der Waals surface area contributed by atoms with Crippen LogP contribution in [-0.2, 0) is 6.54 Å². The quantitative estimate of drug-likeness (QED) is 0.769. The Bertz CT molecular complexity index is 246. The van der Waals surface area contributed by atoms with E-state index in [0.29, 0.717) is 6.04 Å². The first-order valence-corrected chi connectivity index (χ1v) is 6.64. The molecule has 1 N–H and O–H groups in total. The van der Waals surface area contributed by atoms with Gasteiger partial charge in [-0.3, -0.25) is 4.90 Å². The zero-order valence-electron chi connectivity index (χ0n) is 9.99. The summed E-state index contributed by atoms with van der Waals surface area (Å²) >= 11 is 1.78. The molecule has 86 valence electrons. The lowest BCUT2D eigenvalue weighted by molar-refractivity contribution is 0.222. The van der Waals surface area contributed by atoms with Crippen LogP contribution in [0.1, 0.15) is 25.8 Å². The largest absolute Gasteiger partial charge is 0.315 e. The maximum atomic E-state index is 3.42. The zero-order chi connectivity index (χ0) is 11.1. The third kappa shape index (κ3) is 4.33. The summed E-state index contributed by atoms with van der Waals surface area (Å²) in [6.07, 6.45) is 1.20. The van der Waals surface area contributed by atoms with Crippen LogP contribution in [0.3, 0.4) is 0 Å². The van der Waals surface area contributed by atoms with Crippen molar-refractivity contribution in [2.45, 2.75) is 32.9 Å². The lowest BCUT2D eigenvalue weighted by atomic mass is 10.2. The van der Waals surface area contributed by atoms with Crippen molar-refractivity contribution in [1.82, 2.24) is 10.2 Å². The smallest absolute Gasteiger partial charge is 0.0242 e. The van der Waals surface area contributed by atoms with E-state index in [1.165, 1.54) is 12.0 Å². The van der Waals surface area contributed by atoms with Crippen LogP contribution < -0.4 is 5.32 Å². The molecule has 15 heavy (non-hydrogen) atoms. The van der Waals surface area contributed by atoms with Crippen molar-refractivity contribution < 1.29 is 0 Å². The number of hydrogen-bond donors (Lipinski definition) is 1. The van der Waals surface area contributed by atoms with Crippen molar-refractivity contribution in [3.05, 3.63) is 22.4 Å². The Hall–Kier alpha value is -0.380. The molecule has 0 aliphatic rings. The second-order valence-electron chi connectivity index (χ2n) is 3.92. The molecule has 1 aromatic heterocycles. The summed E-state index contributed by atoms with van der Waals surface area (Å²) in [6, 6.07) is 2.85. The molecular formula is C12H22N2S. The van der Waals surface area contributed by atoms with Gasteiger partial charge in [-0.1, -0.05) is 13.8 Å². The third-order valence-corrected chi connectivity index (χ3v) is 3.47. The Morgan fingerprint density at radius 2 is 2.27 bits per heavy atom. The molecule has 0 radical (unpaired) electrons. The Kier molecular flexibility index (Phi) is 5.91. The van der Waals surface area contributed by atoms with Gasteiger partial charge in [-0.2, -0.15) is 11.3 Å². The average molecular weight is 226 g/mol. The van der Waals surface area contributed by atoms with Gasteiger partial charge in [0, 0.05) is 19.1 Å².